The molecule has 2 aliphatic rings. The maximum absolute atomic E-state index is 12.2. The zero-order chi connectivity index (χ0) is 21.9. The summed E-state index contributed by atoms with van der Waals surface area (Å²) in [5, 5.41) is 13.2. The SMILES string of the molecule is O=C(CCCCCC[C@H]1C=CC(=O)[C@@H]1/C=C/[C@@H](O)COc1ccccc1)NCC1CC1. The lowest BCUT2D eigenvalue weighted by Gasteiger charge is -2.15. The highest BCUT2D eigenvalue weighted by atomic mass is 16.5. The second kappa shape index (κ2) is 12.5. The molecule has 1 amide bonds. The van der Waals surface area contributed by atoms with Crippen LogP contribution in [0.1, 0.15) is 51.4 Å². The van der Waals surface area contributed by atoms with E-state index in [0.717, 1.165) is 44.6 Å². The molecular weight excluding hydrogens is 390 g/mol. The summed E-state index contributed by atoms with van der Waals surface area (Å²) in [4.78, 5) is 24.0. The van der Waals surface area contributed by atoms with Gasteiger partial charge in [0.05, 0.1) is 0 Å². The van der Waals surface area contributed by atoms with E-state index in [9.17, 15) is 14.7 Å². The molecule has 0 bridgehead atoms. The van der Waals surface area contributed by atoms with Gasteiger partial charge in [0.1, 0.15) is 18.5 Å². The Labute approximate surface area is 185 Å². The van der Waals surface area contributed by atoms with Crippen molar-refractivity contribution in [2.24, 2.45) is 17.8 Å². The number of allylic oxidation sites excluding steroid dienone is 3. The van der Waals surface area contributed by atoms with E-state index >= 15 is 0 Å². The Morgan fingerprint density at radius 3 is 2.71 bits per heavy atom. The number of carbonyl (C=O) groups is 2. The van der Waals surface area contributed by atoms with Crippen molar-refractivity contribution in [1.82, 2.24) is 5.32 Å². The first-order valence-electron chi connectivity index (χ1n) is 11.6. The molecule has 1 aromatic carbocycles. The number of aliphatic hydroxyl groups is 1. The van der Waals surface area contributed by atoms with Gasteiger partial charge >= 0.3 is 0 Å². The summed E-state index contributed by atoms with van der Waals surface area (Å²) in [6.07, 6.45) is 14.6. The second-order valence-corrected chi connectivity index (χ2v) is 8.73. The molecule has 1 aromatic rings. The summed E-state index contributed by atoms with van der Waals surface area (Å²) in [5.41, 5.74) is 0. The fourth-order valence-electron chi connectivity index (χ4n) is 3.86. The molecule has 0 aromatic heterocycles. The third kappa shape index (κ3) is 8.70. The van der Waals surface area contributed by atoms with Crippen LogP contribution in [0.2, 0.25) is 0 Å². The molecule has 0 unspecified atom stereocenters. The molecule has 0 saturated heterocycles. The maximum Gasteiger partial charge on any atom is 0.220 e. The van der Waals surface area contributed by atoms with Crippen LogP contribution in [0.25, 0.3) is 0 Å². The third-order valence-electron chi connectivity index (χ3n) is 5.98. The number of nitrogens with one attached hydrogen (secondary N) is 1. The summed E-state index contributed by atoms with van der Waals surface area (Å²) >= 11 is 0. The fraction of sp³-hybridized carbons (Fsp3) is 0.538. The van der Waals surface area contributed by atoms with Gasteiger partial charge in [0.15, 0.2) is 5.78 Å². The minimum atomic E-state index is -0.750. The average molecular weight is 426 g/mol. The van der Waals surface area contributed by atoms with Crippen molar-refractivity contribution in [1.29, 1.82) is 0 Å². The second-order valence-electron chi connectivity index (χ2n) is 8.73. The third-order valence-corrected chi connectivity index (χ3v) is 5.98. The Hall–Kier alpha value is -2.40. The van der Waals surface area contributed by atoms with Gasteiger partial charge in [-0.2, -0.15) is 0 Å². The number of ketones is 1. The number of rotatable bonds is 14. The number of aliphatic hydroxyl groups excluding tert-OH is 1. The van der Waals surface area contributed by atoms with Gasteiger partial charge in [-0.25, -0.2) is 0 Å². The highest BCUT2D eigenvalue weighted by Crippen LogP contribution is 2.29. The number of unbranched alkanes of at least 4 members (excludes halogenated alkanes) is 3. The van der Waals surface area contributed by atoms with E-state index in [2.05, 4.69) is 5.32 Å². The molecule has 3 rings (SSSR count). The fourth-order valence-corrected chi connectivity index (χ4v) is 3.86. The monoisotopic (exact) mass is 425 g/mol. The molecule has 1 fully saturated rings. The molecule has 5 nitrogen and oxygen atoms in total. The number of ether oxygens (including phenoxy) is 1. The van der Waals surface area contributed by atoms with Crippen molar-refractivity contribution in [3.8, 4) is 5.75 Å². The van der Waals surface area contributed by atoms with Crippen LogP contribution in [0.5, 0.6) is 5.75 Å². The van der Waals surface area contributed by atoms with Crippen molar-refractivity contribution < 1.29 is 19.4 Å². The smallest absolute Gasteiger partial charge is 0.220 e. The lowest BCUT2D eigenvalue weighted by Crippen LogP contribution is -2.25. The van der Waals surface area contributed by atoms with Crippen molar-refractivity contribution in [2.75, 3.05) is 13.2 Å². The van der Waals surface area contributed by atoms with Crippen LogP contribution in [0.15, 0.2) is 54.6 Å². The van der Waals surface area contributed by atoms with Crippen molar-refractivity contribution in [3.63, 3.8) is 0 Å². The van der Waals surface area contributed by atoms with Crippen molar-refractivity contribution in [3.05, 3.63) is 54.6 Å². The first-order chi connectivity index (χ1) is 15.1. The Kier molecular flexibility index (Phi) is 9.35. The van der Waals surface area contributed by atoms with E-state index in [1.54, 1.807) is 12.2 Å². The summed E-state index contributed by atoms with van der Waals surface area (Å²) in [6, 6.07) is 9.37. The molecular formula is C26H35NO4. The van der Waals surface area contributed by atoms with Crippen LogP contribution in [-0.2, 0) is 9.59 Å². The minimum absolute atomic E-state index is 0.102. The highest BCUT2D eigenvalue weighted by molar-refractivity contribution is 5.95. The van der Waals surface area contributed by atoms with Crippen molar-refractivity contribution in [2.45, 2.75) is 57.5 Å². The molecule has 0 aliphatic heterocycles. The lowest BCUT2D eigenvalue weighted by atomic mass is 9.89. The molecule has 2 N–H and O–H groups in total. The average Bonchev–Trinajstić information content (AvgIpc) is 3.55. The predicted molar refractivity (Wildman–Crippen MR) is 122 cm³/mol. The van der Waals surface area contributed by atoms with Gasteiger partial charge in [0, 0.05) is 18.9 Å². The van der Waals surface area contributed by atoms with E-state index < -0.39 is 6.10 Å². The van der Waals surface area contributed by atoms with Gasteiger partial charge in [-0.1, -0.05) is 55.7 Å². The molecule has 0 spiro atoms. The molecule has 2 aliphatic carbocycles. The van der Waals surface area contributed by atoms with Gasteiger partial charge in [0.2, 0.25) is 5.91 Å². The first kappa shape index (κ1) is 23.3. The number of para-hydroxylation sites is 1. The van der Waals surface area contributed by atoms with Gasteiger partial charge in [0.25, 0.3) is 0 Å². The Morgan fingerprint density at radius 1 is 1.16 bits per heavy atom. The van der Waals surface area contributed by atoms with E-state index in [-0.39, 0.29) is 30.1 Å². The summed E-state index contributed by atoms with van der Waals surface area (Å²) in [5.74, 6) is 1.71. The zero-order valence-corrected chi connectivity index (χ0v) is 18.2. The van der Waals surface area contributed by atoms with Crippen LogP contribution in [0.4, 0.5) is 0 Å². The minimum Gasteiger partial charge on any atom is -0.491 e. The topological polar surface area (TPSA) is 75.6 Å². The van der Waals surface area contributed by atoms with Gasteiger partial charge < -0.3 is 15.2 Å². The quantitative estimate of drug-likeness (QED) is 0.346. The number of hydrogen-bond donors (Lipinski definition) is 2. The molecule has 31 heavy (non-hydrogen) atoms. The molecule has 5 heteroatoms. The maximum atomic E-state index is 12.2. The summed E-state index contributed by atoms with van der Waals surface area (Å²) in [6.45, 7) is 1.01. The number of carbonyl (C=O) groups excluding carboxylic acids is 2. The largest absolute Gasteiger partial charge is 0.491 e. The molecule has 3 atom stereocenters. The summed E-state index contributed by atoms with van der Waals surface area (Å²) in [7, 11) is 0. The highest BCUT2D eigenvalue weighted by Gasteiger charge is 2.27. The van der Waals surface area contributed by atoms with Gasteiger partial charge in [-0.05, 0) is 55.7 Å². The molecule has 0 heterocycles. The normalized spacial score (nSPS) is 21.5. The van der Waals surface area contributed by atoms with E-state index in [1.807, 2.05) is 42.5 Å². The van der Waals surface area contributed by atoms with E-state index in [0.29, 0.717) is 12.2 Å². The number of hydrogen-bond acceptors (Lipinski definition) is 4. The van der Waals surface area contributed by atoms with E-state index in [4.69, 9.17) is 4.74 Å². The van der Waals surface area contributed by atoms with E-state index in [1.165, 1.54) is 12.8 Å². The molecule has 168 valence electrons. The van der Waals surface area contributed by atoms with Gasteiger partial charge in [-0.15, -0.1) is 0 Å². The molecule has 0 radical (unpaired) electrons. The zero-order valence-electron chi connectivity index (χ0n) is 18.2. The Balaban J connectivity index is 1.29. The van der Waals surface area contributed by atoms with Crippen LogP contribution in [0, 0.1) is 17.8 Å². The molecule has 1 saturated carbocycles. The van der Waals surface area contributed by atoms with Crippen LogP contribution < -0.4 is 10.1 Å². The Bertz CT molecular complexity index is 754. The number of benzene rings is 1. The first-order valence-corrected chi connectivity index (χ1v) is 11.6. The standard InChI is InChI=1S/C26H35NO4/c28-22(19-31-23-9-5-3-6-10-23)15-16-24-21(14-17-25(24)29)8-4-1-2-7-11-26(30)27-18-20-12-13-20/h3,5-6,9-10,14-17,20-22,24,28H,1-2,4,7-8,11-13,18-19H2,(H,27,30)/b16-15+/t21-,22+,24+/m0/s1. The number of amides is 1. The summed E-state index contributed by atoms with van der Waals surface area (Å²) < 4.78 is 5.56. The lowest BCUT2D eigenvalue weighted by molar-refractivity contribution is -0.121. The predicted octanol–water partition coefficient (Wildman–Crippen LogP) is 4.22. The van der Waals surface area contributed by atoms with Crippen molar-refractivity contribution >= 4 is 11.7 Å². The van der Waals surface area contributed by atoms with Crippen LogP contribution >= 0.6 is 0 Å². The Morgan fingerprint density at radius 2 is 1.94 bits per heavy atom. The van der Waals surface area contributed by atoms with Crippen LogP contribution in [-0.4, -0.2) is 36.1 Å². The van der Waals surface area contributed by atoms with Gasteiger partial charge in [-0.3, -0.25) is 9.59 Å². The van der Waals surface area contributed by atoms with Crippen LogP contribution in [0.3, 0.4) is 0 Å².